The molecular weight excluding hydrogens is 576 g/mol. The van der Waals surface area contributed by atoms with Crippen molar-refractivity contribution in [2.45, 2.75) is 13.0 Å². The summed E-state index contributed by atoms with van der Waals surface area (Å²) >= 11 is 6.98. The van der Waals surface area contributed by atoms with Crippen LogP contribution < -0.4 is 20.3 Å². The van der Waals surface area contributed by atoms with Crippen molar-refractivity contribution in [3.8, 4) is 22.6 Å². The third-order valence-corrected chi connectivity index (χ3v) is 6.52. The Hall–Kier alpha value is -3.36. The van der Waals surface area contributed by atoms with E-state index < -0.39 is 17.9 Å². The Morgan fingerprint density at radius 1 is 0.857 bits per heavy atom. The fourth-order valence-corrected chi connectivity index (χ4v) is 4.37. The average molecular weight is 598 g/mol. The number of benzene rings is 4. The van der Waals surface area contributed by atoms with E-state index in [0.717, 1.165) is 30.8 Å². The summed E-state index contributed by atoms with van der Waals surface area (Å²) in [5.41, 5.74) is 6.86. The maximum absolute atomic E-state index is 12.3. The second-order valence-electron chi connectivity index (χ2n) is 7.72. The lowest BCUT2D eigenvalue weighted by Gasteiger charge is -2.16. The van der Waals surface area contributed by atoms with Crippen molar-refractivity contribution in [3.05, 3.63) is 93.9 Å². The second-order valence-corrected chi connectivity index (χ2v) is 9.43. The van der Waals surface area contributed by atoms with Gasteiger partial charge in [0, 0.05) is 4.47 Å². The molecule has 2 amide bonds. The summed E-state index contributed by atoms with van der Waals surface area (Å²) in [6.07, 6.45) is -0.812. The minimum absolute atomic E-state index is 0.267. The fraction of sp³-hybridized carbons (Fsp3) is 0.111. The number of hydrazine groups is 1. The molecular formula is C27H22Br2N2O4. The van der Waals surface area contributed by atoms with Crippen LogP contribution in [-0.2, 0) is 9.59 Å². The maximum atomic E-state index is 12.3. The molecule has 35 heavy (non-hydrogen) atoms. The van der Waals surface area contributed by atoms with E-state index in [-0.39, 0.29) is 6.61 Å². The van der Waals surface area contributed by atoms with Crippen LogP contribution in [0.5, 0.6) is 11.5 Å². The molecule has 0 aromatic heterocycles. The van der Waals surface area contributed by atoms with Crippen LogP contribution in [0.2, 0.25) is 0 Å². The molecule has 0 aliphatic carbocycles. The first-order valence-corrected chi connectivity index (χ1v) is 12.4. The lowest BCUT2D eigenvalue weighted by Crippen LogP contribution is -2.48. The molecule has 0 spiro atoms. The van der Waals surface area contributed by atoms with Gasteiger partial charge in [0.25, 0.3) is 11.8 Å². The largest absolute Gasteiger partial charge is 0.483 e. The Bertz CT molecular complexity index is 1340. The SMILES string of the molecule is CC(Oc1ccc(-c2ccccc2)cc1)C(=O)NNC(=O)COc1ccc2cc(Br)ccc2c1Br. The highest BCUT2D eigenvalue weighted by atomic mass is 79.9. The Balaban J connectivity index is 1.25. The molecule has 2 N–H and O–H groups in total. The molecule has 178 valence electrons. The van der Waals surface area contributed by atoms with Crippen LogP contribution in [-0.4, -0.2) is 24.5 Å². The number of hydrogen-bond acceptors (Lipinski definition) is 4. The van der Waals surface area contributed by atoms with E-state index in [9.17, 15) is 9.59 Å². The van der Waals surface area contributed by atoms with Gasteiger partial charge in [-0.1, -0.05) is 70.5 Å². The van der Waals surface area contributed by atoms with E-state index in [4.69, 9.17) is 9.47 Å². The van der Waals surface area contributed by atoms with E-state index in [0.29, 0.717) is 11.5 Å². The number of halogens is 2. The summed E-state index contributed by atoms with van der Waals surface area (Å²) in [5, 5.41) is 1.99. The minimum Gasteiger partial charge on any atom is -0.483 e. The van der Waals surface area contributed by atoms with Gasteiger partial charge in [-0.05, 0) is 75.1 Å². The van der Waals surface area contributed by atoms with E-state index >= 15 is 0 Å². The zero-order valence-electron chi connectivity index (χ0n) is 18.8. The predicted molar refractivity (Wildman–Crippen MR) is 143 cm³/mol. The van der Waals surface area contributed by atoms with Gasteiger partial charge in [-0.25, -0.2) is 0 Å². The third kappa shape index (κ3) is 6.41. The molecule has 0 saturated carbocycles. The number of carbonyl (C=O) groups is 2. The molecule has 8 heteroatoms. The number of amides is 2. The molecule has 4 aromatic rings. The summed E-state index contributed by atoms with van der Waals surface area (Å²) in [5.74, 6) is 0.0932. The van der Waals surface area contributed by atoms with Crippen LogP contribution >= 0.6 is 31.9 Å². The van der Waals surface area contributed by atoms with Crippen molar-refractivity contribution < 1.29 is 19.1 Å². The molecule has 0 aliphatic heterocycles. The normalized spacial score (nSPS) is 11.5. The van der Waals surface area contributed by atoms with Crippen LogP contribution in [0.3, 0.4) is 0 Å². The van der Waals surface area contributed by atoms with Crippen molar-refractivity contribution in [3.63, 3.8) is 0 Å². The molecule has 4 aromatic carbocycles. The second kappa shape index (κ2) is 11.4. The van der Waals surface area contributed by atoms with Crippen molar-refractivity contribution in [2.24, 2.45) is 0 Å². The van der Waals surface area contributed by atoms with E-state index in [2.05, 4.69) is 42.7 Å². The number of nitrogens with one attached hydrogen (secondary N) is 2. The van der Waals surface area contributed by atoms with E-state index in [1.165, 1.54) is 0 Å². The Labute approximate surface area is 219 Å². The highest BCUT2D eigenvalue weighted by Gasteiger charge is 2.16. The first kappa shape index (κ1) is 24.8. The molecule has 0 bridgehead atoms. The van der Waals surface area contributed by atoms with Crippen LogP contribution in [0, 0.1) is 0 Å². The van der Waals surface area contributed by atoms with Gasteiger partial charge in [0.05, 0.1) is 4.47 Å². The van der Waals surface area contributed by atoms with Crippen molar-refractivity contribution >= 4 is 54.4 Å². The number of hydrogen-bond donors (Lipinski definition) is 2. The summed E-state index contributed by atoms with van der Waals surface area (Å²) in [4.78, 5) is 24.5. The van der Waals surface area contributed by atoms with Gasteiger partial charge in [-0.2, -0.15) is 0 Å². The third-order valence-electron chi connectivity index (χ3n) is 5.21. The van der Waals surface area contributed by atoms with Crippen molar-refractivity contribution in [2.75, 3.05) is 6.61 Å². The predicted octanol–water partition coefficient (Wildman–Crippen LogP) is 6.03. The summed E-state index contributed by atoms with van der Waals surface area (Å²) < 4.78 is 13.0. The van der Waals surface area contributed by atoms with Gasteiger partial charge in [-0.3, -0.25) is 20.4 Å². The number of carbonyl (C=O) groups excluding carboxylic acids is 2. The lowest BCUT2D eigenvalue weighted by molar-refractivity contribution is -0.133. The Morgan fingerprint density at radius 3 is 2.31 bits per heavy atom. The molecule has 0 heterocycles. The van der Waals surface area contributed by atoms with Gasteiger partial charge in [0.15, 0.2) is 12.7 Å². The zero-order valence-corrected chi connectivity index (χ0v) is 21.9. The average Bonchev–Trinajstić information content (AvgIpc) is 2.87. The Kier molecular flexibility index (Phi) is 8.05. The first-order valence-electron chi connectivity index (χ1n) is 10.8. The highest BCUT2D eigenvalue weighted by Crippen LogP contribution is 2.34. The standard InChI is InChI=1S/C27H22Br2N2O4/c1-17(35-22-11-7-19(8-12-22)18-5-3-2-4-6-18)27(33)31-30-25(32)16-34-24-14-9-20-15-21(28)10-13-23(20)26(24)29/h2-15,17H,16H2,1H3,(H,30,32)(H,31,33). The molecule has 6 nitrogen and oxygen atoms in total. The lowest BCUT2D eigenvalue weighted by atomic mass is 10.1. The number of fused-ring (bicyclic) bond motifs is 1. The molecule has 0 fully saturated rings. The molecule has 1 atom stereocenters. The summed E-state index contributed by atoms with van der Waals surface area (Å²) in [6.45, 7) is 1.34. The van der Waals surface area contributed by atoms with E-state index in [1.54, 1.807) is 25.1 Å². The first-order chi connectivity index (χ1) is 16.9. The quantitative estimate of drug-likeness (QED) is 0.255. The summed E-state index contributed by atoms with van der Waals surface area (Å²) in [7, 11) is 0. The van der Waals surface area contributed by atoms with Crippen molar-refractivity contribution in [1.29, 1.82) is 0 Å². The van der Waals surface area contributed by atoms with Gasteiger partial charge < -0.3 is 9.47 Å². The van der Waals surface area contributed by atoms with E-state index in [1.807, 2.05) is 66.7 Å². The number of ether oxygens (including phenoxy) is 2. The molecule has 4 rings (SSSR count). The number of rotatable bonds is 7. The fourth-order valence-electron chi connectivity index (χ4n) is 3.38. The monoisotopic (exact) mass is 596 g/mol. The highest BCUT2D eigenvalue weighted by molar-refractivity contribution is 9.11. The molecule has 0 radical (unpaired) electrons. The van der Waals surface area contributed by atoms with Gasteiger partial charge >= 0.3 is 0 Å². The Morgan fingerprint density at radius 2 is 1.57 bits per heavy atom. The molecule has 1 unspecified atom stereocenters. The smallest absolute Gasteiger partial charge is 0.279 e. The maximum Gasteiger partial charge on any atom is 0.279 e. The van der Waals surface area contributed by atoms with Gasteiger partial charge in [-0.15, -0.1) is 0 Å². The van der Waals surface area contributed by atoms with Crippen LogP contribution in [0.25, 0.3) is 21.9 Å². The zero-order chi connectivity index (χ0) is 24.8. The van der Waals surface area contributed by atoms with Gasteiger partial charge in [0.2, 0.25) is 0 Å². The van der Waals surface area contributed by atoms with Gasteiger partial charge in [0.1, 0.15) is 11.5 Å². The van der Waals surface area contributed by atoms with Crippen LogP contribution in [0.1, 0.15) is 6.92 Å². The van der Waals surface area contributed by atoms with Crippen LogP contribution in [0.4, 0.5) is 0 Å². The van der Waals surface area contributed by atoms with Crippen molar-refractivity contribution in [1.82, 2.24) is 10.9 Å². The summed E-state index contributed by atoms with van der Waals surface area (Å²) in [6, 6.07) is 27.0. The molecule has 0 aliphatic rings. The minimum atomic E-state index is -0.812. The topological polar surface area (TPSA) is 76.7 Å². The molecule has 0 saturated heterocycles. The van der Waals surface area contributed by atoms with Crippen LogP contribution in [0.15, 0.2) is 93.9 Å².